The summed E-state index contributed by atoms with van der Waals surface area (Å²) in [4.78, 5) is 29.4. The molecule has 1 saturated heterocycles. The summed E-state index contributed by atoms with van der Waals surface area (Å²) in [6.45, 7) is 4.34. The van der Waals surface area contributed by atoms with Gasteiger partial charge in [-0.1, -0.05) is 19.3 Å². The monoisotopic (exact) mass is 467 g/mol. The van der Waals surface area contributed by atoms with Crippen molar-refractivity contribution >= 4 is 44.9 Å². The molecule has 2 N–H and O–H groups in total. The highest BCUT2D eigenvalue weighted by atomic mass is 32.1. The van der Waals surface area contributed by atoms with Crippen LogP contribution in [0, 0.1) is 6.92 Å². The lowest BCUT2D eigenvalue weighted by Crippen LogP contribution is -2.48. The van der Waals surface area contributed by atoms with E-state index >= 15 is 0 Å². The quantitative estimate of drug-likeness (QED) is 0.566. The van der Waals surface area contributed by atoms with Crippen molar-refractivity contribution in [2.75, 3.05) is 36.4 Å². The van der Waals surface area contributed by atoms with Crippen LogP contribution in [-0.2, 0) is 0 Å². The number of amides is 2. The zero-order valence-electron chi connectivity index (χ0n) is 18.8. The number of anilines is 2. The number of hydrogen-bond acceptors (Lipinski definition) is 5. The van der Waals surface area contributed by atoms with Crippen molar-refractivity contribution < 1.29 is 14.7 Å². The Morgan fingerprint density at radius 3 is 2.42 bits per heavy atom. The minimum atomic E-state index is -0.865. The second-order valence-corrected chi connectivity index (χ2v) is 9.94. The second kappa shape index (κ2) is 9.05. The molecule has 2 amide bonds. The maximum absolute atomic E-state index is 13.0. The summed E-state index contributed by atoms with van der Waals surface area (Å²) in [5, 5.41) is 18.0. The van der Waals surface area contributed by atoms with Crippen LogP contribution in [0.1, 0.15) is 53.5 Å². The Labute approximate surface area is 196 Å². The smallest absolute Gasteiger partial charge is 0.407 e. The van der Waals surface area contributed by atoms with E-state index in [2.05, 4.69) is 14.9 Å². The molecule has 3 heterocycles. The molecule has 1 aliphatic carbocycles. The number of benzene rings is 1. The summed E-state index contributed by atoms with van der Waals surface area (Å²) in [7, 11) is 0. The number of piperazine rings is 1. The van der Waals surface area contributed by atoms with Crippen LogP contribution in [0.5, 0.6) is 0 Å². The average Bonchev–Trinajstić information content (AvgIpc) is 3.41. The van der Waals surface area contributed by atoms with Gasteiger partial charge >= 0.3 is 6.09 Å². The fourth-order valence-electron chi connectivity index (χ4n) is 4.86. The van der Waals surface area contributed by atoms with E-state index in [1.165, 1.54) is 35.5 Å². The van der Waals surface area contributed by atoms with Gasteiger partial charge in [-0.15, -0.1) is 11.3 Å². The summed E-state index contributed by atoms with van der Waals surface area (Å²) < 4.78 is 2.16. The molecule has 0 radical (unpaired) electrons. The van der Waals surface area contributed by atoms with Crippen molar-refractivity contribution in [3.63, 3.8) is 0 Å². The summed E-state index contributed by atoms with van der Waals surface area (Å²) in [6.07, 6.45) is 5.25. The molecule has 2 aliphatic rings. The lowest BCUT2D eigenvalue weighted by atomic mass is 9.96. The first-order chi connectivity index (χ1) is 16.0. The molecule has 3 aromatic rings. The van der Waals surface area contributed by atoms with Crippen molar-refractivity contribution in [1.82, 2.24) is 14.7 Å². The zero-order valence-corrected chi connectivity index (χ0v) is 19.6. The van der Waals surface area contributed by atoms with Gasteiger partial charge in [-0.25, -0.2) is 4.79 Å². The SMILES string of the molecule is Cc1nn(C2CCCCC2)c2sc(C(=O)Nc3ccc(N4CCN(C(=O)O)CC4)cc3)cc12. The normalized spacial score (nSPS) is 17.5. The van der Waals surface area contributed by atoms with E-state index < -0.39 is 6.09 Å². The van der Waals surface area contributed by atoms with Gasteiger partial charge in [0.15, 0.2) is 0 Å². The van der Waals surface area contributed by atoms with E-state index in [1.807, 2.05) is 37.3 Å². The Morgan fingerprint density at radius 1 is 1.06 bits per heavy atom. The van der Waals surface area contributed by atoms with Crippen LogP contribution in [-0.4, -0.2) is 58.0 Å². The van der Waals surface area contributed by atoms with E-state index in [1.54, 1.807) is 0 Å². The second-order valence-electron chi connectivity index (χ2n) is 8.91. The number of thiophene rings is 1. The Morgan fingerprint density at radius 2 is 1.76 bits per heavy atom. The van der Waals surface area contributed by atoms with Gasteiger partial charge in [0.2, 0.25) is 0 Å². The summed E-state index contributed by atoms with van der Waals surface area (Å²) >= 11 is 1.52. The fourth-order valence-corrected chi connectivity index (χ4v) is 5.99. The molecule has 0 spiro atoms. The third-order valence-corrected chi connectivity index (χ3v) is 7.88. The number of aromatic nitrogens is 2. The zero-order chi connectivity index (χ0) is 22.9. The number of fused-ring (bicyclic) bond motifs is 1. The Bertz CT molecular complexity index is 1150. The summed E-state index contributed by atoms with van der Waals surface area (Å²) in [5.41, 5.74) is 2.76. The van der Waals surface area contributed by atoms with Crippen molar-refractivity contribution in [2.45, 2.75) is 45.1 Å². The molecule has 5 rings (SSSR count). The van der Waals surface area contributed by atoms with Gasteiger partial charge in [0.05, 0.1) is 16.6 Å². The maximum atomic E-state index is 13.0. The Balaban J connectivity index is 1.26. The number of carbonyl (C=O) groups is 2. The van der Waals surface area contributed by atoms with E-state index in [0.29, 0.717) is 37.1 Å². The predicted octanol–water partition coefficient (Wildman–Crippen LogP) is 4.96. The maximum Gasteiger partial charge on any atom is 0.407 e. The van der Waals surface area contributed by atoms with Crippen LogP contribution < -0.4 is 10.2 Å². The molecule has 8 nitrogen and oxygen atoms in total. The van der Waals surface area contributed by atoms with E-state index in [4.69, 9.17) is 10.2 Å². The molecule has 174 valence electrons. The number of carbonyl (C=O) groups excluding carboxylic acids is 1. The molecule has 9 heteroatoms. The third-order valence-electron chi connectivity index (χ3n) is 6.75. The van der Waals surface area contributed by atoms with Crippen LogP contribution in [0.15, 0.2) is 30.3 Å². The van der Waals surface area contributed by atoms with E-state index in [0.717, 1.165) is 40.1 Å². The lowest BCUT2D eigenvalue weighted by Gasteiger charge is -2.34. The van der Waals surface area contributed by atoms with E-state index in [9.17, 15) is 9.59 Å². The van der Waals surface area contributed by atoms with Crippen molar-refractivity contribution in [3.8, 4) is 0 Å². The molecule has 1 aromatic carbocycles. The van der Waals surface area contributed by atoms with Crippen molar-refractivity contribution in [1.29, 1.82) is 0 Å². The van der Waals surface area contributed by atoms with Gasteiger partial charge in [0.1, 0.15) is 4.83 Å². The molecule has 0 bridgehead atoms. The minimum Gasteiger partial charge on any atom is -0.465 e. The highest BCUT2D eigenvalue weighted by molar-refractivity contribution is 7.20. The molecular formula is C24H29N5O3S. The van der Waals surface area contributed by atoms with Gasteiger partial charge in [0, 0.05) is 42.9 Å². The van der Waals surface area contributed by atoms with Crippen LogP contribution >= 0.6 is 11.3 Å². The highest BCUT2D eigenvalue weighted by Crippen LogP contribution is 2.35. The van der Waals surface area contributed by atoms with Gasteiger partial charge in [-0.05, 0) is 50.1 Å². The number of hydrogen-bond donors (Lipinski definition) is 2. The Hall–Kier alpha value is -3.07. The van der Waals surface area contributed by atoms with Gasteiger partial charge in [0.25, 0.3) is 5.91 Å². The molecule has 1 saturated carbocycles. The lowest BCUT2D eigenvalue weighted by molar-refractivity contribution is 0.103. The molecule has 1 aliphatic heterocycles. The van der Waals surface area contributed by atoms with Gasteiger partial charge < -0.3 is 20.2 Å². The first-order valence-electron chi connectivity index (χ1n) is 11.6. The number of nitrogens with zero attached hydrogens (tertiary/aromatic N) is 4. The number of aryl methyl sites for hydroxylation is 1. The molecule has 33 heavy (non-hydrogen) atoms. The molecule has 2 aromatic heterocycles. The fraction of sp³-hybridized carbons (Fsp3) is 0.458. The largest absolute Gasteiger partial charge is 0.465 e. The average molecular weight is 468 g/mol. The van der Waals surface area contributed by atoms with Crippen molar-refractivity contribution in [3.05, 3.63) is 40.9 Å². The molecular weight excluding hydrogens is 438 g/mol. The molecule has 0 unspecified atom stereocenters. The minimum absolute atomic E-state index is 0.103. The van der Waals surface area contributed by atoms with Gasteiger partial charge in [-0.3, -0.25) is 9.48 Å². The number of nitrogens with one attached hydrogen (secondary N) is 1. The standard InChI is InChI=1S/C24H29N5O3S/c1-16-20-15-21(33-23(20)29(26-16)19-5-3-2-4-6-19)22(30)25-17-7-9-18(10-8-17)27-11-13-28(14-12-27)24(31)32/h7-10,15,19H,2-6,11-14H2,1H3,(H,25,30)(H,31,32). The summed E-state index contributed by atoms with van der Waals surface area (Å²) in [6, 6.07) is 10.2. The van der Waals surface area contributed by atoms with Crippen LogP contribution in [0.4, 0.5) is 16.2 Å². The van der Waals surface area contributed by atoms with Crippen molar-refractivity contribution in [2.24, 2.45) is 0 Å². The van der Waals surface area contributed by atoms with Crippen LogP contribution in [0.3, 0.4) is 0 Å². The Kier molecular flexibility index (Phi) is 5.97. The van der Waals surface area contributed by atoms with E-state index in [-0.39, 0.29) is 5.91 Å². The molecule has 2 fully saturated rings. The third kappa shape index (κ3) is 4.42. The predicted molar refractivity (Wildman–Crippen MR) is 131 cm³/mol. The van der Waals surface area contributed by atoms with Crippen LogP contribution in [0.25, 0.3) is 10.2 Å². The topological polar surface area (TPSA) is 90.7 Å². The van der Waals surface area contributed by atoms with Crippen LogP contribution in [0.2, 0.25) is 0 Å². The number of rotatable bonds is 4. The molecule has 0 atom stereocenters. The summed E-state index contributed by atoms with van der Waals surface area (Å²) in [5.74, 6) is -0.103. The van der Waals surface area contributed by atoms with Gasteiger partial charge in [-0.2, -0.15) is 5.10 Å². The highest BCUT2D eigenvalue weighted by Gasteiger charge is 2.23. The number of carboxylic acid groups (broad SMARTS) is 1. The first kappa shape index (κ1) is 21.8. The first-order valence-corrected chi connectivity index (χ1v) is 12.4.